The van der Waals surface area contributed by atoms with Crippen LogP contribution in [0.2, 0.25) is 0 Å². The summed E-state index contributed by atoms with van der Waals surface area (Å²) < 4.78 is 46.3. The van der Waals surface area contributed by atoms with Crippen LogP contribution in [0.15, 0.2) is 17.0 Å². The van der Waals surface area contributed by atoms with Crippen molar-refractivity contribution >= 4 is 10.0 Å². The molecule has 0 saturated heterocycles. The van der Waals surface area contributed by atoms with Crippen molar-refractivity contribution in [2.75, 3.05) is 0 Å². The van der Waals surface area contributed by atoms with Gasteiger partial charge in [0.05, 0.1) is 0 Å². The average molecular weight is 192 g/mol. The van der Waals surface area contributed by atoms with Gasteiger partial charge in [0, 0.05) is 0 Å². The van der Waals surface area contributed by atoms with E-state index in [0.717, 1.165) is 0 Å². The molecule has 0 aliphatic heterocycles. The molecule has 1 aromatic carbocycles. The quantitative estimate of drug-likeness (QED) is 0.700. The molecular weight excluding hydrogens is 188 g/mol. The number of nitrogens with two attached hydrogens (primary N) is 1. The Labute approximate surface area is 67.9 Å². The predicted octanol–water partition coefficient (Wildman–Crippen LogP) is 0.412. The van der Waals surface area contributed by atoms with Crippen molar-refractivity contribution in [3.8, 4) is 0 Å². The highest BCUT2D eigenvalue weighted by atomic mass is 32.2. The lowest BCUT2D eigenvalue weighted by Gasteiger charge is -1.99. The molecule has 0 aromatic heterocycles. The van der Waals surface area contributed by atoms with Crippen molar-refractivity contribution in [1.82, 2.24) is 0 Å². The zero-order valence-electron chi connectivity index (χ0n) is 5.71. The number of rotatable bonds is 1. The lowest BCUT2D eigenvalue weighted by Crippen LogP contribution is -2.15. The Bertz CT molecular complexity index is 382. The number of hydrogen-bond acceptors (Lipinski definition) is 2. The summed E-state index contributed by atoms with van der Waals surface area (Å²) in [6, 6.07) is 3.47. The van der Waals surface area contributed by atoms with Crippen LogP contribution in [0.25, 0.3) is 0 Å². The summed E-state index contributed by atoms with van der Waals surface area (Å²) in [5.74, 6) is -2.48. The molecule has 0 spiro atoms. The van der Waals surface area contributed by atoms with Crippen LogP contribution in [-0.4, -0.2) is 8.42 Å². The molecule has 6 heteroatoms. The van der Waals surface area contributed by atoms with Gasteiger partial charge in [-0.2, -0.15) is 0 Å². The van der Waals surface area contributed by atoms with Gasteiger partial charge in [0.15, 0.2) is 4.90 Å². The molecule has 2 N–H and O–H groups in total. The first-order chi connectivity index (χ1) is 5.43. The Morgan fingerprint density at radius 2 is 1.67 bits per heavy atom. The summed E-state index contributed by atoms with van der Waals surface area (Å²) in [5, 5.41) is 4.54. The third-order valence-corrected chi connectivity index (χ3v) is 2.10. The van der Waals surface area contributed by atoms with Crippen molar-refractivity contribution in [3.05, 3.63) is 29.8 Å². The van der Waals surface area contributed by atoms with Gasteiger partial charge in [-0.15, -0.1) is 0 Å². The van der Waals surface area contributed by atoms with Gasteiger partial charge in [-0.25, -0.2) is 22.3 Å². The predicted molar refractivity (Wildman–Crippen MR) is 36.6 cm³/mol. The van der Waals surface area contributed by atoms with E-state index in [-0.39, 0.29) is 0 Å². The zero-order chi connectivity index (χ0) is 9.35. The highest BCUT2D eigenvalue weighted by Crippen LogP contribution is 2.15. The fourth-order valence-electron chi connectivity index (χ4n) is 0.705. The lowest BCUT2D eigenvalue weighted by atomic mass is 10.3. The molecule has 0 aliphatic carbocycles. The van der Waals surface area contributed by atoms with E-state index in [2.05, 4.69) is 11.2 Å². The standard InChI is InChI=1S/C6H4F2NO2S/c7-4-2-1-3-5(8)6(4)12(9,10)11/h2-3H,(H2,9,10,11). The van der Waals surface area contributed by atoms with Crippen molar-refractivity contribution in [2.24, 2.45) is 5.14 Å². The van der Waals surface area contributed by atoms with Gasteiger partial charge in [0.2, 0.25) is 10.0 Å². The Hall–Kier alpha value is -1.01. The molecule has 0 saturated carbocycles. The Morgan fingerprint density at radius 3 is 1.92 bits per heavy atom. The third kappa shape index (κ3) is 1.59. The highest BCUT2D eigenvalue weighted by Gasteiger charge is 2.19. The highest BCUT2D eigenvalue weighted by molar-refractivity contribution is 7.89. The van der Waals surface area contributed by atoms with Gasteiger partial charge in [-0.3, -0.25) is 0 Å². The zero-order valence-corrected chi connectivity index (χ0v) is 6.53. The van der Waals surface area contributed by atoms with Crippen molar-refractivity contribution in [3.63, 3.8) is 0 Å². The number of sulfonamides is 1. The monoisotopic (exact) mass is 192 g/mol. The Kier molecular flexibility index (Phi) is 2.12. The summed E-state index contributed by atoms with van der Waals surface area (Å²) in [5.41, 5.74) is 0. The smallest absolute Gasteiger partial charge is 0.224 e. The number of hydrogen-bond donors (Lipinski definition) is 1. The first-order valence-electron chi connectivity index (χ1n) is 2.81. The minimum absolute atomic E-state index is 0.697. The minimum atomic E-state index is -4.33. The maximum atomic E-state index is 12.6. The molecule has 0 bridgehead atoms. The molecule has 1 radical (unpaired) electrons. The van der Waals surface area contributed by atoms with Gasteiger partial charge in [-0.05, 0) is 18.2 Å². The topological polar surface area (TPSA) is 60.2 Å². The molecule has 3 nitrogen and oxygen atoms in total. The van der Waals surface area contributed by atoms with Crippen LogP contribution in [0.3, 0.4) is 0 Å². The SMILES string of the molecule is NS(=O)(=O)c1c(F)c[c]cc1F. The van der Waals surface area contributed by atoms with Gasteiger partial charge in [0.25, 0.3) is 0 Å². The van der Waals surface area contributed by atoms with Crippen LogP contribution in [0.1, 0.15) is 0 Å². The van der Waals surface area contributed by atoms with E-state index in [4.69, 9.17) is 0 Å². The van der Waals surface area contributed by atoms with E-state index >= 15 is 0 Å². The molecule has 0 heterocycles. The largest absolute Gasteiger partial charge is 0.243 e. The second-order valence-corrected chi connectivity index (χ2v) is 3.52. The van der Waals surface area contributed by atoms with Gasteiger partial charge in [-0.1, -0.05) is 0 Å². The number of benzene rings is 1. The summed E-state index contributed by atoms with van der Waals surface area (Å²) in [7, 11) is -4.33. The average Bonchev–Trinajstić information content (AvgIpc) is 1.82. The van der Waals surface area contributed by atoms with Crippen LogP contribution in [0.4, 0.5) is 8.78 Å². The molecule has 65 valence electrons. The second kappa shape index (κ2) is 2.80. The van der Waals surface area contributed by atoms with Crippen molar-refractivity contribution in [1.29, 1.82) is 0 Å². The van der Waals surface area contributed by atoms with Gasteiger partial charge >= 0.3 is 0 Å². The van der Waals surface area contributed by atoms with E-state index in [1.54, 1.807) is 0 Å². The Morgan fingerprint density at radius 1 is 1.25 bits per heavy atom. The molecule has 0 unspecified atom stereocenters. The fraction of sp³-hybridized carbons (Fsp3) is 0. The summed E-state index contributed by atoms with van der Waals surface area (Å²) >= 11 is 0. The summed E-state index contributed by atoms with van der Waals surface area (Å²) in [6.07, 6.45) is 0. The second-order valence-electron chi connectivity index (χ2n) is 2.03. The van der Waals surface area contributed by atoms with Crippen molar-refractivity contribution < 1.29 is 17.2 Å². The Balaban J connectivity index is 3.53. The van der Waals surface area contributed by atoms with E-state index in [0.29, 0.717) is 12.1 Å². The lowest BCUT2D eigenvalue weighted by molar-refractivity contribution is 0.519. The maximum Gasteiger partial charge on any atom is 0.243 e. The number of halogens is 2. The molecule has 0 amide bonds. The van der Waals surface area contributed by atoms with Crippen molar-refractivity contribution in [2.45, 2.75) is 4.90 Å². The van der Waals surface area contributed by atoms with E-state index in [1.807, 2.05) is 0 Å². The molecule has 0 atom stereocenters. The molecule has 0 aliphatic rings. The van der Waals surface area contributed by atoms with Gasteiger partial charge in [0.1, 0.15) is 11.6 Å². The van der Waals surface area contributed by atoms with Gasteiger partial charge < -0.3 is 0 Å². The fourth-order valence-corrected chi connectivity index (χ4v) is 1.37. The molecule has 0 fully saturated rings. The minimum Gasteiger partial charge on any atom is -0.224 e. The van der Waals surface area contributed by atoms with Crippen LogP contribution >= 0.6 is 0 Å². The van der Waals surface area contributed by atoms with Crippen LogP contribution in [0.5, 0.6) is 0 Å². The third-order valence-electron chi connectivity index (χ3n) is 1.14. The molecule has 1 aromatic rings. The molecular formula is C6H4F2NO2S. The van der Waals surface area contributed by atoms with E-state index < -0.39 is 26.6 Å². The van der Waals surface area contributed by atoms with E-state index in [9.17, 15) is 17.2 Å². The maximum absolute atomic E-state index is 12.6. The van der Waals surface area contributed by atoms with Crippen LogP contribution in [0, 0.1) is 17.7 Å². The first kappa shape index (κ1) is 9.08. The first-order valence-corrected chi connectivity index (χ1v) is 4.35. The molecule has 1 rings (SSSR count). The number of primary sulfonamides is 1. The molecule has 12 heavy (non-hydrogen) atoms. The normalized spacial score (nSPS) is 11.6. The van der Waals surface area contributed by atoms with Crippen LogP contribution in [-0.2, 0) is 10.0 Å². The summed E-state index contributed by atoms with van der Waals surface area (Å²) in [4.78, 5) is -1.12. The summed E-state index contributed by atoms with van der Waals surface area (Å²) in [6.45, 7) is 0. The van der Waals surface area contributed by atoms with E-state index in [1.165, 1.54) is 0 Å². The van der Waals surface area contributed by atoms with Crippen LogP contribution < -0.4 is 5.14 Å².